The van der Waals surface area contributed by atoms with E-state index in [9.17, 15) is 9.59 Å². The average Bonchev–Trinajstić information content (AvgIpc) is 3.06. The van der Waals surface area contributed by atoms with Crippen LogP contribution in [0.4, 0.5) is 5.69 Å². The van der Waals surface area contributed by atoms with Gasteiger partial charge < -0.3 is 16.0 Å². The number of carbonyl (C=O) groups is 2. The Kier molecular flexibility index (Phi) is 6.30. The van der Waals surface area contributed by atoms with E-state index in [1.807, 2.05) is 30.1 Å². The quantitative estimate of drug-likeness (QED) is 0.846. The molecular formula is C21H31N3O2. The summed E-state index contributed by atoms with van der Waals surface area (Å²) >= 11 is 0. The van der Waals surface area contributed by atoms with E-state index in [1.165, 1.54) is 19.3 Å². The molecule has 2 fully saturated rings. The molecule has 2 aliphatic carbocycles. The third-order valence-electron chi connectivity index (χ3n) is 6.04. The van der Waals surface area contributed by atoms with Crippen molar-refractivity contribution in [2.24, 2.45) is 11.7 Å². The van der Waals surface area contributed by atoms with Gasteiger partial charge in [0.15, 0.2) is 0 Å². The molecule has 26 heavy (non-hydrogen) atoms. The van der Waals surface area contributed by atoms with Crippen LogP contribution in [0.2, 0.25) is 0 Å². The minimum absolute atomic E-state index is 0.00892. The van der Waals surface area contributed by atoms with Crippen molar-refractivity contribution in [2.75, 3.05) is 12.4 Å². The number of hydrogen-bond acceptors (Lipinski definition) is 3. The Morgan fingerprint density at radius 3 is 2.50 bits per heavy atom. The molecule has 142 valence electrons. The van der Waals surface area contributed by atoms with Crippen molar-refractivity contribution in [3.63, 3.8) is 0 Å². The second-order valence-electron chi connectivity index (χ2n) is 7.86. The molecule has 0 spiro atoms. The fourth-order valence-electron chi connectivity index (χ4n) is 4.36. The monoisotopic (exact) mass is 357 g/mol. The number of hydrogen-bond donors (Lipinski definition) is 2. The van der Waals surface area contributed by atoms with E-state index in [1.54, 1.807) is 6.07 Å². The van der Waals surface area contributed by atoms with Crippen LogP contribution in [0, 0.1) is 5.92 Å². The number of nitrogens with one attached hydrogen (secondary N) is 1. The van der Waals surface area contributed by atoms with Gasteiger partial charge in [-0.05, 0) is 43.7 Å². The summed E-state index contributed by atoms with van der Waals surface area (Å²) in [4.78, 5) is 27.3. The Balaban J connectivity index is 1.67. The van der Waals surface area contributed by atoms with Gasteiger partial charge in [-0.25, -0.2) is 0 Å². The highest BCUT2D eigenvalue weighted by molar-refractivity contribution is 6.03. The van der Waals surface area contributed by atoms with Crippen molar-refractivity contribution < 1.29 is 9.59 Å². The number of benzene rings is 1. The topological polar surface area (TPSA) is 75.4 Å². The summed E-state index contributed by atoms with van der Waals surface area (Å²) in [5, 5.41) is 2.95. The number of amides is 2. The van der Waals surface area contributed by atoms with Gasteiger partial charge in [0.25, 0.3) is 5.91 Å². The van der Waals surface area contributed by atoms with Crippen LogP contribution >= 0.6 is 0 Å². The molecular weight excluding hydrogens is 326 g/mol. The van der Waals surface area contributed by atoms with Gasteiger partial charge in [0.05, 0.1) is 11.3 Å². The van der Waals surface area contributed by atoms with Gasteiger partial charge in [0, 0.05) is 25.6 Å². The van der Waals surface area contributed by atoms with Crippen LogP contribution < -0.4 is 11.1 Å². The maximum atomic E-state index is 13.0. The maximum Gasteiger partial charge on any atom is 0.255 e. The molecule has 0 bridgehead atoms. The van der Waals surface area contributed by atoms with Crippen molar-refractivity contribution in [3.05, 3.63) is 29.8 Å². The summed E-state index contributed by atoms with van der Waals surface area (Å²) in [6.45, 7) is 0. The highest BCUT2D eigenvalue weighted by Crippen LogP contribution is 2.28. The maximum absolute atomic E-state index is 13.0. The first-order chi connectivity index (χ1) is 12.6. The Hall–Kier alpha value is -1.88. The number of anilines is 1. The van der Waals surface area contributed by atoms with Crippen LogP contribution in [-0.4, -0.2) is 35.8 Å². The van der Waals surface area contributed by atoms with Gasteiger partial charge in [-0.1, -0.05) is 37.8 Å². The van der Waals surface area contributed by atoms with Crippen molar-refractivity contribution >= 4 is 17.5 Å². The fraction of sp³-hybridized carbons (Fsp3) is 0.619. The molecule has 5 nitrogen and oxygen atoms in total. The second kappa shape index (κ2) is 8.67. The Bertz CT molecular complexity index is 640. The largest absolute Gasteiger partial charge is 0.339 e. The molecule has 2 aliphatic rings. The molecule has 1 aromatic rings. The summed E-state index contributed by atoms with van der Waals surface area (Å²) in [5.74, 6) is 0.195. The van der Waals surface area contributed by atoms with Crippen LogP contribution in [0.25, 0.3) is 0 Å². The van der Waals surface area contributed by atoms with Crippen LogP contribution in [0.1, 0.15) is 68.1 Å². The molecule has 2 saturated carbocycles. The number of carbonyl (C=O) groups excluding carboxylic acids is 2. The van der Waals surface area contributed by atoms with E-state index in [0.29, 0.717) is 23.7 Å². The van der Waals surface area contributed by atoms with Gasteiger partial charge in [-0.3, -0.25) is 9.59 Å². The molecule has 5 heteroatoms. The summed E-state index contributed by atoms with van der Waals surface area (Å²) in [5.41, 5.74) is 7.26. The highest BCUT2D eigenvalue weighted by Gasteiger charge is 2.27. The zero-order valence-corrected chi connectivity index (χ0v) is 15.7. The van der Waals surface area contributed by atoms with Crippen LogP contribution in [-0.2, 0) is 4.79 Å². The smallest absolute Gasteiger partial charge is 0.255 e. The lowest BCUT2D eigenvalue weighted by Gasteiger charge is -2.31. The first-order valence-corrected chi connectivity index (χ1v) is 9.98. The number of rotatable bonds is 5. The normalized spacial score (nSPS) is 23.6. The highest BCUT2D eigenvalue weighted by atomic mass is 16.2. The lowest BCUT2D eigenvalue weighted by Crippen LogP contribution is -2.38. The lowest BCUT2D eigenvalue weighted by molar-refractivity contribution is -0.117. The van der Waals surface area contributed by atoms with Gasteiger partial charge in [-0.15, -0.1) is 0 Å². The van der Waals surface area contributed by atoms with Gasteiger partial charge in [-0.2, -0.15) is 0 Å². The molecule has 0 aromatic heterocycles. The third-order valence-corrected chi connectivity index (χ3v) is 6.04. The zero-order valence-electron chi connectivity index (χ0n) is 15.7. The van der Waals surface area contributed by atoms with Crippen LogP contribution in [0.5, 0.6) is 0 Å². The average molecular weight is 357 g/mol. The predicted molar refractivity (Wildman–Crippen MR) is 104 cm³/mol. The van der Waals surface area contributed by atoms with Crippen molar-refractivity contribution in [3.8, 4) is 0 Å². The van der Waals surface area contributed by atoms with E-state index in [-0.39, 0.29) is 23.8 Å². The molecule has 0 radical (unpaired) electrons. The summed E-state index contributed by atoms with van der Waals surface area (Å²) in [6, 6.07) is 7.75. The predicted octanol–water partition coefficient (Wildman–Crippen LogP) is 3.55. The minimum Gasteiger partial charge on any atom is -0.339 e. The van der Waals surface area contributed by atoms with Crippen molar-refractivity contribution in [1.29, 1.82) is 0 Å². The molecule has 0 unspecified atom stereocenters. The first-order valence-electron chi connectivity index (χ1n) is 9.98. The first kappa shape index (κ1) is 18.9. The van der Waals surface area contributed by atoms with E-state index >= 15 is 0 Å². The zero-order chi connectivity index (χ0) is 18.5. The Labute approximate surface area is 156 Å². The molecule has 2 amide bonds. The van der Waals surface area contributed by atoms with Gasteiger partial charge >= 0.3 is 0 Å². The number of nitrogens with two attached hydrogens (primary N) is 1. The van der Waals surface area contributed by atoms with Gasteiger partial charge in [0.2, 0.25) is 5.91 Å². The summed E-state index contributed by atoms with van der Waals surface area (Å²) < 4.78 is 0. The summed E-state index contributed by atoms with van der Waals surface area (Å²) in [6.07, 6.45) is 9.30. The minimum atomic E-state index is -0.0482. The van der Waals surface area contributed by atoms with E-state index in [4.69, 9.17) is 5.73 Å². The van der Waals surface area contributed by atoms with E-state index in [2.05, 4.69) is 5.32 Å². The van der Waals surface area contributed by atoms with E-state index < -0.39 is 0 Å². The molecule has 1 aromatic carbocycles. The van der Waals surface area contributed by atoms with Gasteiger partial charge in [0.1, 0.15) is 0 Å². The summed E-state index contributed by atoms with van der Waals surface area (Å²) in [7, 11) is 1.88. The lowest BCUT2D eigenvalue weighted by atomic mass is 9.94. The van der Waals surface area contributed by atoms with E-state index in [0.717, 1.165) is 32.1 Å². The third kappa shape index (κ3) is 4.44. The standard InChI is InChI=1S/C21H31N3O2/c1-24(16-9-3-2-4-10-16)21(26)17-11-5-6-13-19(17)23-20(25)14-15-8-7-12-18(15)22/h5-6,11,13,15-16,18H,2-4,7-10,12,14,22H2,1H3,(H,23,25)/t15-,18+/m0/s1. The van der Waals surface area contributed by atoms with Crippen LogP contribution in [0.3, 0.4) is 0 Å². The molecule has 0 saturated heterocycles. The fourth-order valence-corrected chi connectivity index (χ4v) is 4.36. The molecule has 3 N–H and O–H groups in total. The molecule has 0 heterocycles. The van der Waals surface area contributed by atoms with Crippen LogP contribution in [0.15, 0.2) is 24.3 Å². The molecule has 2 atom stereocenters. The Morgan fingerprint density at radius 2 is 1.81 bits per heavy atom. The van der Waals surface area contributed by atoms with Crippen molar-refractivity contribution in [2.45, 2.75) is 69.9 Å². The van der Waals surface area contributed by atoms with Crippen molar-refractivity contribution in [1.82, 2.24) is 4.90 Å². The number of nitrogens with zero attached hydrogens (tertiary/aromatic N) is 1. The molecule has 0 aliphatic heterocycles. The second-order valence-corrected chi connectivity index (χ2v) is 7.86. The molecule has 3 rings (SSSR count). The Morgan fingerprint density at radius 1 is 1.08 bits per heavy atom. The SMILES string of the molecule is CN(C(=O)c1ccccc1NC(=O)C[C@@H]1CCC[C@H]1N)C1CCCCC1. The number of para-hydroxylation sites is 1.